The number of ketones is 1. The molecule has 11 heteroatoms. The zero-order valence-corrected chi connectivity index (χ0v) is 20.9. The molecule has 0 radical (unpaired) electrons. The van der Waals surface area contributed by atoms with Crippen LogP contribution in [-0.4, -0.2) is 41.3 Å². The van der Waals surface area contributed by atoms with Gasteiger partial charge >= 0.3 is 0 Å². The third kappa shape index (κ3) is 6.07. The van der Waals surface area contributed by atoms with Gasteiger partial charge in [0.15, 0.2) is 5.13 Å². The lowest BCUT2D eigenvalue weighted by atomic mass is 10.1. The van der Waals surface area contributed by atoms with Crippen molar-refractivity contribution in [2.45, 2.75) is 13.0 Å². The van der Waals surface area contributed by atoms with Crippen LogP contribution in [0.3, 0.4) is 0 Å². The maximum atomic E-state index is 14.0. The minimum atomic E-state index is -0.973. The maximum absolute atomic E-state index is 14.0. The summed E-state index contributed by atoms with van der Waals surface area (Å²) in [4.78, 5) is 35.6. The summed E-state index contributed by atoms with van der Waals surface area (Å²) < 4.78 is 28.0. The molecule has 2 aromatic heterocycles. The highest BCUT2D eigenvalue weighted by molar-refractivity contribution is 7.18. The fourth-order valence-electron chi connectivity index (χ4n) is 3.64. The van der Waals surface area contributed by atoms with Gasteiger partial charge in [0.2, 0.25) is 5.78 Å². The van der Waals surface area contributed by atoms with Crippen LogP contribution in [0, 0.1) is 11.6 Å². The number of thiazole rings is 1. The lowest BCUT2D eigenvalue weighted by molar-refractivity contribution is 0.0940. The van der Waals surface area contributed by atoms with E-state index >= 15 is 0 Å². The average molecular weight is 523 g/mol. The van der Waals surface area contributed by atoms with Crippen LogP contribution in [0.15, 0.2) is 66.9 Å². The van der Waals surface area contributed by atoms with Crippen LogP contribution in [0.1, 0.15) is 32.5 Å². The number of likely N-dealkylation sites (N-methyl/N-ethyl adjacent to an activating group) is 1. The van der Waals surface area contributed by atoms with E-state index in [1.807, 2.05) is 37.1 Å². The number of rotatable bonds is 9. The topological polar surface area (TPSA) is 113 Å². The van der Waals surface area contributed by atoms with E-state index in [4.69, 9.17) is 5.73 Å². The second-order valence-corrected chi connectivity index (χ2v) is 9.30. The summed E-state index contributed by atoms with van der Waals surface area (Å²) in [5.41, 5.74) is 6.22. The Morgan fingerprint density at radius 2 is 1.76 bits per heavy atom. The second-order valence-electron chi connectivity index (χ2n) is 8.30. The van der Waals surface area contributed by atoms with E-state index in [2.05, 4.69) is 20.6 Å². The van der Waals surface area contributed by atoms with Crippen LogP contribution in [0.4, 0.5) is 31.2 Å². The molecule has 0 aliphatic heterocycles. The van der Waals surface area contributed by atoms with E-state index in [-0.39, 0.29) is 27.8 Å². The molecule has 0 spiro atoms. The number of hydrogen-bond donors (Lipinski definition) is 3. The van der Waals surface area contributed by atoms with Crippen molar-refractivity contribution in [2.24, 2.45) is 0 Å². The van der Waals surface area contributed by atoms with Gasteiger partial charge in [0.1, 0.15) is 28.1 Å². The monoisotopic (exact) mass is 522 g/mol. The number of carbonyl (C=O) groups is 2. The molecule has 0 saturated carbocycles. The highest BCUT2D eigenvalue weighted by Crippen LogP contribution is 2.31. The van der Waals surface area contributed by atoms with Crippen molar-refractivity contribution < 1.29 is 18.4 Å². The molecule has 0 saturated heterocycles. The Hall–Kier alpha value is -4.38. The fraction of sp³-hybridized carbons (Fsp3) is 0.154. The Morgan fingerprint density at radius 1 is 1.05 bits per heavy atom. The van der Waals surface area contributed by atoms with Crippen LogP contribution in [0.5, 0.6) is 0 Å². The fourth-order valence-corrected chi connectivity index (χ4v) is 4.49. The first-order chi connectivity index (χ1) is 17.7. The first-order valence-corrected chi connectivity index (χ1v) is 12.1. The van der Waals surface area contributed by atoms with E-state index in [0.29, 0.717) is 17.8 Å². The first-order valence-electron chi connectivity index (χ1n) is 11.3. The van der Waals surface area contributed by atoms with Crippen molar-refractivity contribution in [3.8, 4) is 0 Å². The minimum absolute atomic E-state index is 0.0767. The summed E-state index contributed by atoms with van der Waals surface area (Å²) >= 11 is 0.878. The quantitative estimate of drug-likeness (QED) is 0.275. The first kappa shape index (κ1) is 25.7. The van der Waals surface area contributed by atoms with Crippen molar-refractivity contribution >= 4 is 45.5 Å². The second kappa shape index (κ2) is 11.1. The number of halogens is 2. The molecule has 0 aliphatic rings. The van der Waals surface area contributed by atoms with Crippen LogP contribution in [0.25, 0.3) is 0 Å². The largest absolute Gasteiger partial charge is 0.382 e. The number of nitrogens with zero attached hydrogens (tertiary/aromatic N) is 3. The number of benzene rings is 2. The Balaban J connectivity index is 1.38. The Bertz CT molecular complexity index is 1390. The molecule has 0 unspecified atom stereocenters. The van der Waals surface area contributed by atoms with Gasteiger partial charge in [-0.3, -0.25) is 9.59 Å². The molecule has 190 valence electrons. The number of aromatic nitrogens is 2. The van der Waals surface area contributed by atoms with Crippen molar-refractivity contribution in [1.29, 1.82) is 0 Å². The van der Waals surface area contributed by atoms with Gasteiger partial charge in [-0.05, 0) is 55.5 Å². The van der Waals surface area contributed by atoms with Crippen LogP contribution >= 0.6 is 11.3 Å². The standard InChI is InChI=1S/C26H24F2N6O2S/c1-15(14-34(2)20-8-3-4-13-30-20)31-25(36)16-9-11-17(12-10-16)32-26-33-24(29)23(37-26)22(35)21-18(27)6-5-7-19(21)28/h3-13,15H,14,29H2,1-2H3,(H,31,36)(H,32,33)/t15-/m1/s1. The van der Waals surface area contributed by atoms with Gasteiger partial charge in [-0.1, -0.05) is 23.5 Å². The van der Waals surface area contributed by atoms with Crippen molar-refractivity contribution in [2.75, 3.05) is 29.5 Å². The summed E-state index contributed by atoms with van der Waals surface area (Å²) in [6, 6.07) is 15.3. The molecule has 8 nitrogen and oxygen atoms in total. The van der Waals surface area contributed by atoms with Gasteiger partial charge in [-0.2, -0.15) is 0 Å². The third-order valence-electron chi connectivity index (χ3n) is 5.41. The summed E-state index contributed by atoms with van der Waals surface area (Å²) in [7, 11) is 1.91. The normalized spacial score (nSPS) is 11.6. The third-order valence-corrected chi connectivity index (χ3v) is 6.40. The summed E-state index contributed by atoms with van der Waals surface area (Å²) in [5, 5.41) is 6.22. The smallest absolute Gasteiger partial charge is 0.251 e. The highest BCUT2D eigenvalue weighted by Gasteiger charge is 2.24. The van der Waals surface area contributed by atoms with Gasteiger partial charge in [-0.25, -0.2) is 18.7 Å². The number of amides is 1. The van der Waals surface area contributed by atoms with E-state index < -0.39 is 23.0 Å². The van der Waals surface area contributed by atoms with E-state index in [0.717, 1.165) is 29.3 Å². The number of anilines is 4. The number of carbonyl (C=O) groups excluding carboxylic acids is 2. The van der Waals surface area contributed by atoms with Gasteiger partial charge in [0.05, 0.1) is 5.56 Å². The molecular weight excluding hydrogens is 498 g/mol. The number of nitrogens with one attached hydrogen (secondary N) is 2. The number of pyridine rings is 1. The predicted octanol–water partition coefficient (Wildman–Crippen LogP) is 4.63. The number of nitrogens with two attached hydrogens (primary N) is 1. The SMILES string of the molecule is C[C@H](CN(C)c1ccccn1)NC(=O)c1ccc(Nc2nc(N)c(C(=O)c3c(F)cccc3F)s2)cc1. The summed E-state index contributed by atoms with van der Waals surface area (Å²) in [6.45, 7) is 2.48. The molecule has 4 aromatic rings. The molecule has 4 N–H and O–H groups in total. The number of nitrogen functional groups attached to an aromatic ring is 1. The average Bonchev–Trinajstić information content (AvgIpc) is 3.24. The Morgan fingerprint density at radius 3 is 2.41 bits per heavy atom. The van der Waals surface area contributed by atoms with E-state index in [1.165, 1.54) is 6.07 Å². The Labute approximate surface area is 216 Å². The zero-order valence-electron chi connectivity index (χ0n) is 20.0. The molecule has 0 bridgehead atoms. The van der Waals surface area contributed by atoms with Crippen molar-refractivity contribution in [1.82, 2.24) is 15.3 Å². The van der Waals surface area contributed by atoms with Gasteiger partial charge < -0.3 is 21.3 Å². The van der Waals surface area contributed by atoms with Crippen molar-refractivity contribution in [3.05, 3.63) is 94.5 Å². The lowest BCUT2D eigenvalue weighted by Crippen LogP contribution is -2.41. The summed E-state index contributed by atoms with van der Waals surface area (Å²) in [5.74, 6) is -2.38. The summed E-state index contributed by atoms with van der Waals surface area (Å²) in [6.07, 6.45) is 1.71. The van der Waals surface area contributed by atoms with Crippen molar-refractivity contribution in [3.63, 3.8) is 0 Å². The van der Waals surface area contributed by atoms with Crippen LogP contribution in [0.2, 0.25) is 0 Å². The molecule has 37 heavy (non-hydrogen) atoms. The molecule has 1 atom stereocenters. The minimum Gasteiger partial charge on any atom is -0.382 e. The zero-order chi connectivity index (χ0) is 26.5. The molecule has 0 aliphatic carbocycles. The molecule has 2 heterocycles. The van der Waals surface area contributed by atoms with Gasteiger partial charge in [0.25, 0.3) is 5.91 Å². The van der Waals surface area contributed by atoms with E-state index in [1.54, 1.807) is 30.5 Å². The molecule has 2 aromatic carbocycles. The molecule has 4 rings (SSSR count). The van der Waals surface area contributed by atoms with Crippen LogP contribution < -0.4 is 21.3 Å². The van der Waals surface area contributed by atoms with Gasteiger partial charge in [0, 0.05) is 37.1 Å². The molecule has 1 amide bonds. The lowest BCUT2D eigenvalue weighted by Gasteiger charge is -2.23. The van der Waals surface area contributed by atoms with E-state index in [9.17, 15) is 18.4 Å². The van der Waals surface area contributed by atoms with Crippen LogP contribution in [-0.2, 0) is 0 Å². The molecule has 0 fully saturated rings. The number of hydrogen-bond acceptors (Lipinski definition) is 8. The Kier molecular flexibility index (Phi) is 7.73. The van der Waals surface area contributed by atoms with Gasteiger partial charge in [-0.15, -0.1) is 0 Å². The maximum Gasteiger partial charge on any atom is 0.251 e. The predicted molar refractivity (Wildman–Crippen MR) is 140 cm³/mol. The molecular formula is C26H24F2N6O2S. The highest BCUT2D eigenvalue weighted by atomic mass is 32.1.